The van der Waals surface area contributed by atoms with Gasteiger partial charge in [-0.2, -0.15) is 0 Å². The van der Waals surface area contributed by atoms with E-state index in [1.54, 1.807) is 0 Å². The third-order valence-corrected chi connectivity index (χ3v) is 8.95. The fourth-order valence-electron chi connectivity index (χ4n) is 7.47. The number of benzene rings is 6. The van der Waals surface area contributed by atoms with E-state index in [2.05, 4.69) is 137 Å². The number of nitrogens with zero attached hydrogens (tertiary/aromatic N) is 2. The van der Waals surface area contributed by atoms with Crippen LogP contribution in [0.3, 0.4) is 0 Å². The largest absolute Gasteiger partial charge is 0.458 e. The maximum Gasteiger partial charge on any atom is 0.259 e. The second kappa shape index (κ2) is 7.25. The normalized spacial score (nSPS) is 13.2. The van der Waals surface area contributed by atoms with Crippen molar-refractivity contribution in [1.82, 2.24) is 9.13 Å². The van der Waals surface area contributed by atoms with Gasteiger partial charge < -0.3 is 13.9 Å². The summed E-state index contributed by atoms with van der Waals surface area (Å²) >= 11 is 0. The Morgan fingerprint density at radius 3 is 1.90 bits per heavy atom. The molecule has 0 atom stereocenters. The van der Waals surface area contributed by atoms with Gasteiger partial charge in [0.15, 0.2) is 0 Å². The van der Waals surface area contributed by atoms with Crippen LogP contribution in [0.25, 0.3) is 55.0 Å². The van der Waals surface area contributed by atoms with Gasteiger partial charge in [0.05, 0.1) is 22.1 Å². The first-order chi connectivity index (χ1) is 19.9. The van der Waals surface area contributed by atoms with Crippen LogP contribution in [0.5, 0.6) is 11.5 Å². The molecule has 0 saturated heterocycles. The highest BCUT2D eigenvalue weighted by molar-refractivity contribution is 7.00. The Labute approximate surface area is 230 Å². The maximum atomic E-state index is 6.59. The molecule has 0 spiro atoms. The van der Waals surface area contributed by atoms with Crippen LogP contribution in [0, 0.1) is 0 Å². The standard InChI is InChI=1S/C36H21BN2O/c1-2-11-22(12-3-1)38-28-16-7-4-13-23(28)25-21-26-24-14-5-8-17-29(24)39-30-18-10-20-32-33(30)37(34(35(25)38)36(26)39)27-15-6-9-19-31(27)40-32/h1-21H. The van der Waals surface area contributed by atoms with Crippen LogP contribution in [0.2, 0.25) is 0 Å². The highest BCUT2D eigenvalue weighted by Gasteiger charge is 2.42. The van der Waals surface area contributed by atoms with E-state index in [1.165, 1.54) is 71.4 Å². The molecular weight excluding hydrogens is 487 g/mol. The summed E-state index contributed by atoms with van der Waals surface area (Å²) in [4.78, 5) is 0. The van der Waals surface area contributed by atoms with Crippen LogP contribution in [0.1, 0.15) is 0 Å². The first-order valence-electron chi connectivity index (χ1n) is 13.8. The Morgan fingerprint density at radius 1 is 0.475 bits per heavy atom. The van der Waals surface area contributed by atoms with E-state index < -0.39 is 0 Å². The van der Waals surface area contributed by atoms with Gasteiger partial charge in [-0.1, -0.05) is 78.9 Å². The van der Waals surface area contributed by atoms with Gasteiger partial charge in [0.25, 0.3) is 6.71 Å². The maximum absolute atomic E-state index is 6.59. The molecule has 0 bridgehead atoms. The van der Waals surface area contributed by atoms with Crippen LogP contribution >= 0.6 is 0 Å². The SMILES string of the molecule is c1ccc(-n2c3ccccc3c3cc4c5ccccc5n5c4c(c32)B2c3ccccc3Oc3cccc-5c32)cc1. The lowest BCUT2D eigenvalue weighted by Gasteiger charge is -2.33. The minimum Gasteiger partial charge on any atom is -0.458 e. The summed E-state index contributed by atoms with van der Waals surface area (Å²) in [6, 6.07) is 46.0. The van der Waals surface area contributed by atoms with Crippen molar-refractivity contribution in [2.24, 2.45) is 0 Å². The van der Waals surface area contributed by atoms with Gasteiger partial charge in [-0.3, -0.25) is 0 Å². The van der Waals surface area contributed by atoms with Crippen molar-refractivity contribution >= 4 is 66.7 Å². The summed E-state index contributed by atoms with van der Waals surface area (Å²) in [5.74, 6) is 1.88. The Morgan fingerprint density at radius 2 is 1.10 bits per heavy atom. The van der Waals surface area contributed by atoms with Gasteiger partial charge in [0.2, 0.25) is 0 Å². The van der Waals surface area contributed by atoms with Crippen LogP contribution in [0.4, 0.5) is 0 Å². The van der Waals surface area contributed by atoms with Gasteiger partial charge in [-0.15, -0.1) is 0 Å². The van der Waals surface area contributed by atoms with Gasteiger partial charge in [0, 0.05) is 32.9 Å². The Balaban J connectivity index is 1.54. The third-order valence-electron chi connectivity index (χ3n) is 8.95. The summed E-state index contributed by atoms with van der Waals surface area (Å²) in [6.45, 7) is 0.0472. The van der Waals surface area contributed by atoms with Crippen molar-refractivity contribution in [3.05, 3.63) is 127 Å². The summed E-state index contributed by atoms with van der Waals surface area (Å²) in [6.07, 6.45) is 0. The molecule has 6 aromatic carbocycles. The number of ether oxygens (including phenoxy) is 1. The summed E-state index contributed by atoms with van der Waals surface area (Å²) < 4.78 is 11.6. The van der Waals surface area contributed by atoms with E-state index in [1.807, 2.05) is 0 Å². The Bertz CT molecular complexity index is 2360. The van der Waals surface area contributed by atoms with E-state index in [4.69, 9.17) is 4.74 Å². The average Bonchev–Trinajstić information content (AvgIpc) is 3.53. The van der Waals surface area contributed by atoms with Gasteiger partial charge in [0.1, 0.15) is 11.5 Å². The highest BCUT2D eigenvalue weighted by Crippen LogP contribution is 2.42. The fourth-order valence-corrected chi connectivity index (χ4v) is 7.47. The molecule has 40 heavy (non-hydrogen) atoms. The summed E-state index contributed by atoms with van der Waals surface area (Å²) in [5, 5.41) is 5.14. The topological polar surface area (TPSA) is 19.1 Å². The molecule has 2 aliphatic rings. The molecule has 184 valence electrons. The molecule has 0 saturated carbocycles. The van der Waals surface area contributed by atoms with Crippen molar-refractivity contribution in [2.45, 2.75) is 0 Å². The molecule has 0 N–H and O–H groups in total. The number of hydrogen-bond donors (Lipinski definition) is 0. The van der Waals surface area contributed by atoms with Crippen LogP contribution in [-0.4, -0.2) is 15.8 Å². The lowest BCUT2D eigenvalue weighted by atomic mass is 9.34. The Hall–Kier alpha value is -5.22. The first kappa shape index (κ1) is 20.7. The summed E-state index contributed by atoms with van der Waals surface area (Å²) in [5.41, 5.74) is 11.2. The smallest absolute Gasteiger partial charge is 0.259 e. The van der Waals surface area contributed by atoms with Gasteiger partial charge >= 0.3 is 0 Å². The molecule has 10 rings (SSSR count). The van der Waals surface area contributed by atoms with Gasteiger partial charge in [-0.05, 0) is 64.9 Å². The van der Waals surface area contributed by atoms with Crippen molar-refractivity contribution < 1.29 is 4.74 Å². The number of aromatic nitrogens is 2. The molecule has 3 nitrogen and oxygen atoms in total. The molecule has 0 aliphatic carbocycles. The lowest BCUT2D eigenvalue weighted by Crippen LogP contribution is -2.58. The molecule has 4 heteroatoms. The molecule has 0 unspecified atom stereocenters. The average molecular weight is 508 g/mol. The first-order valence-corrected chi connectivity index (χ1v) is 13.8. The predicted octanol–water partition coefficient (Wildman–Crippen LogP) is 6.82. The monoisotopic (exact) mass is 508 g/mol. The minimum atomic E-state index is 0.0472. The quantitative estimate of drug-likeness (QED) is 0.223. The van der Waals surface area contributed by atoms with Crippen molar-refractivity contribution in [3.8, 4) is 22.9 Å². The number of hydrogen-bond acceptors (Lipinski definition) is 1. The zero-order valence-electron chi connectivity index (χ0n) is 21.5. The zero-order chi connectivity index (χ0) is 25.9. The molecular formula is C36H21BN2O. The zero-order valence-corrected chi connectivity index (χ0v) is 21.5. The van der Waals surface area contributed by atoms with E-state index in [9.17, 15) is 0 Å². The van der Waals surface area contributed by atoms with Crippen molar-refractivity contribution in [1.29, 1.82) is 0 Å². The molecule has 2 aromatic heterocycles. The Kier molecular flexibility index (Phi) is 3.75. The molecule has 0 radical (unpaired) electrons. The molecule has 0 amide bonds. The van der Waals surface area contributed by atoms with Crippen molar-refractivity contribution in [2.75, 3.05) is 0 Å². The second-order valence-corrected chi connectivity index (χ2v) is 10.9. The van der Waals surface area contributed by atoms with Crippen LogP contribution in [-0.2, 0) is 0 Å². The molecule has 8 aromatic rings. The lowest BCUT2D eigenvalue weighted by molar-refractivity contribution is 0.487. The van der Waals surface area contributed by atoms with Crippen LogP contribution < -0.4 is 21.1 Å². The highest BCUT2D eigenvalue weighted by atomic mass is 16.5. The minimum absolute atomic E-state index is 0.0472. The number of fused-ring (bicyclic) bond motifs is 11. The molecule has 4 heterocycles. The molecule has 2 aliphatic heterocycles. The molecule has 0 fully saturated rings. The van der Waals surface area contributed by atoms with Crippen LogP contribution in [0.15, 0.2) is 127 Å². The fraction of sp³-hybridized carbons (Fsp3) is 0. The predicted molar refractivity (Wildman–Crippen MR) is 166 cm³/mol. The van der Waals surface area contributed by atoms with E-state index >= 15 is 0 Å². The van der Waals surface area contributed by atoms with E-state index in [-0.39, 0.29) is 6.71 Å². The van der Waals surface area contributed by atoms with Crippen molar-refractivity contribution in [3.63, 3.8) is 0 Å². The van der Waals surface area contributed by atoms with E-state index in [0.29, 0.717) is 0 Å². The number of rotatable bonds is 1. The third kappa shape index (κ3) is 2.39. The second-order valence-electron chi connectivity index (χ2n) is 10.9. The van der Waals surface area contributed by atoms with Gasteiger partial charge in [-0.25, -0.2) is 0 Å². The number of para-hydroxylation sites is 4. The van der Waals surface area contributed by atoms with E-state index in [0.717, 1.165) is 11.5 Å². The summed E-state index contributed by atoms with van der Waals surface area (Å²) in [7, 11) is 0.